The molecular formula is C31H43FN6O4. The molecule has 3 atom stereocenters. The number of likely N-dealkylation sites (tertiary alicyclic amines) is 1. The summed E-state index contributed by atoms with van der Waals surface area (Å²) >= 11 is 0. The zero-order valence-electron chi connectivity index (χ0n) is 24.5. The summed E-state index contributed by atoms with van der Waals surface area (Å²) in [6.07, 6.45) is 2.79. The van der Waals surface area contributed by atoms with Gasteiger partial charge < -0.3 is 31.1 Å². The van der Waals surface area contributed by atoms with Gasteiger partial charge in [-0.1, -0.05) is 48.5 Å². The molecule has 0 aromatic heterocycles. The van der Waals surface area contributed by atoms with E-state index in [-0.39, 0.29) is 30.4 Å². The second kappa shape index (κ2) is 17.1. The molecule has 5 amide bonds. The van der Waals surface area contributed by atoms with Crippen molar-refractivity contribution in [2.45, 2.75) is 57.2 Å². The number of anilines is 1. The maximum atomic E-state index is 13.8. The minimum Gasteiger partial charge on any atom is -0.343 e. The molecule has 1 aliphatic rings. The largest absolute Gasteiger partial charge is 0.343 e. The molecule has 1 fully saturated rings. The molecule has 0 spiro atoms. The van der Waals surface area contributed by atoms with E-state index in [0.717, 1.165) is 12.0 Å². The monoisotopic (exact) mass is 582 g/mol. The van der Waals surface area contributed by atoms with E-state index >= 15 is 0 Å². The highest BCUT2D eigenvalue weighted by molar-refractivity contribution is 5.90. The van der Waals surface area contributed by atoms with Crippen molar-refractivity contribution < 1.29 is 23.6 Å². The van der Waals surface area contributed by atoms with Crippen molar-refractivity contribution in [1.29, 1.82) is 0 Å². The maximum absolute atomic E-state index is 13.8. The number of hydrogen-bond acceptors (Lipinski definition) is 5. The number of carbonyl (C=O) groups excluding carboxylic acids is 4. The lowest BCUT2D eigenvalue weighted by Gasteiger charge is -2.33. The topological polar surface area (TPSA) is 123 Å². The van der Waals surface area contributed by atoms with Crippen molar-refractivity contribution in [3.8, 4) is 0 Å². The van der Waals surface area contributed by atoms with E-state index in [1.807, 2.05) is 48.5 Å². The Bertz CT molecular complexity index is 1150. The van der Waals surface area contributed by atoms with Gasteiger partial charge in [-0.05, 0) is 63.8 Å². The molecule has 11 heteroatoms. The smallest absolute Gasteiger partial charge is 0.319 e. The fourth-order valence-electron chi connectivity index (χ4n) is 4.97. The quantitative estimate of drug-likeness (QED) is 0.241. The van der Waals surface area contributed by atoms with Gasteiger partial charge >= 0.3 is 6.03 Å². The van der Waals surface area contributed by atoms with Gasteiger partial charge in [0.2, 0.25) is 11.8 Å². The van der Waals surface area contributed by atoms with Gasteiger partial charge in [-0.3, -0.25) is 14.4 Å². The molecule has 0 aliphatic carbocycles. The Kier molecular flexibility index (Phi) is 13.2. The summed E-state index contributed by atoms with van der Waals surface area (Å²) in [5.41, 5.74) is 1.71. The summed E-state index contributed by atoms with van der Waals surface area (Å²) in [7, 11) is 1.67. The van der Waals surface area contributed by atoms with Crippen LogP contribution in [0.25, 0.3) is 0 Å². The second-order valence-corrected chi connectivity index (χ2v) is 10.5. The molecule has 0 bridgehead atoms. The summed E-state index contributed by atoms with van der Waals surface area (Å²) in [5, 5.41) is 11.3. The normalized spacial score (nSPS) is 15.9. The number of amides is 5. The lowest BCUT2D eigenvalue weighted by atomic mass is 10.1. The average molecular weight is 583 g/mol. The molecule has 228 valence electrons. The lowest BCUT2D eigenvalue weighted by Crippen LogP contribution is -2.55. The Morgan fingerprint density at radius 2 is 1.74 bits per heavy atom. The Hall–Kier alpha value is -3.99. The van der Waals surface area contributed by atoms with Gasteiger partial charge in [0.1, 0.15) is 6.04 Å². The molecule has 1 saturated heterocycles. The second-order valence-electron chi connectivity index (χ2n) is 10.5. The van der Waals surface area contributed by atoms with Crippen molar-refractivity contribution in [2.24, 2.45) is 0 Å². The van der Waals surface area contributed by atoms with Crippen LogP contribution in [0.2, 0.25) is 0 Å². The number of nitrogens with zero attached hydrogens (tertiary/aromatic N) is 2. The number of alkyl halides is 1. The zero-order chi connectivity index (χ0) is 30.3. The Labute approximate surface area is 247 Å². The molecule has 0 unspecified atom stereocenters. The van der Waals surface area contributed by atoms with Gasteiger partial charge in [0.15, 0.2) is 6.67 Å². The lowest BCUT2D eigenvalue weighted by molar-refractivity contribution is -0.140. The van der Waals surface area contributed by atoms with Crippen LogP contribution < -0.4 is 21.3 Å². The SMILES string of the molecule is CN[C@@H](C)C(=O)N[C@@H](CCCNC(=O)Nc1ccccc1)C(=O)N1CCC[C@H]1CN(CCc1ccccc1)C(=O)CF. The van der Waals surface area contributed by atoms with Crippen molar-refractivity contribution in [3.05, 3.63) is 66.2 Å². The van der Waals surface area contributed by atoms with Crippen LogP contribution in [0.4, 0.5) is 14.9 Å². The van der Waals surface area contributed by atoms with Crippen molar-refractivity contribution in [3.63, 3.8) is 0 Å². The first-order valence-electron chi connectivity index (χ1n) is 14.6. The average Bonchev–Trinajstić information content (AvgIpc) is 3.48. The Balaban J connectivity index is 1.62. The van der Waals surface area contributed by atoms with E-state index in [2.05, 4.69) is 21.3 Å². The van der Waals surface area contributed by atoms with Crippen LogP contribution >= 0.6 is 0 Å². The fraction of sp³-hybridized carbons (Fsp3) is 0.484. The first-order chi connectivity index (χ1) is 20.3. The predicted octanol–water partition coefficient (Wildman–Crippen LogP) is 2.71. The van der Waals surface area contributed by atoms with E-state index in [0.29, 0.717) is 51.0 Å². The van der Waals surface area contributed by atoms with Crippen molar-refractivity contribution >= 4 is 29.4 Å². The number of urea groups is 1. The van der Waals surface area contributed by atoms with Crippen LogP contribution in [0.5, 0.6) is 0 Å². The van der Waals surface area contributed by atoms with Gasteiger partial charge in [-0.15, -0.1) is 0 Å². The highest BCUT2D eigenvalue weighted by atomic mass is 19.1. The third-order valence-corrected chi connectivity index (χ3v) is 7.50. The molecule has 3 rings (SSSR count). The van der Waals surface area contributed by atoms with E-state index < -0.39 is 24.7 Å². The van der Waals surface area contributed by atoms with Crippen LogP contribution in [-0.4, -0.2) is 91.6 Å². The van der Waals surface area contributed by atoms with Crippen LogP contribution in [0, 0.1) is 0 Å². The summed E-state index contributed by atoms with van der Waals surface area (Å²) in [6, 6.07) is 16.8. The highest BCUT2D eigenvalue weighted by Gasteiger charge is 2.35. The standard InChI is InChI=1S/C31H43FN6O4/c1-23(33-2)29(40)36-27(16-9-18-34-31(42)35-25-13-7-4-8-14-25)30(41)38-19-10-15-26(38)22-37(28(39)21-32)20-17-24-11-5-3-6-12-24/h3-8,11-14,23,26-27,33H,9-10,15-22H2,1-2H3,(H,36,40)(H2,34,35,42)/t23-,26-,27-/m0/s1. The minimum absolute atomic E-state index is 0.232. The van der Waals surface area contributed by atoms with Gasteiger partial charge in [-0.2, -0.15) is 0 Å². The first-order valence-corrected chi connectivity index (χ1v) is 14.6. The highest BCUT2D eigenvalue weighted by Crippen LogP contribution is 2.21. The number of nitrogens with one attached hydrogen (secondary N) is 4. The summed E-state index contributed by atoms with van der Waals surface area (Å²) in [6.45, 7) is 1.99. The number of para-hydroxylation sites is 1. The first kappa shape index (κ1) is 32.5. The predicted molar refractivity (Wildman–Crippen MR) is 161 cm³/mol. The molecule has 1 heterocycles. The van der Waals surface area contributed by atoms with E-state index in [1.165, 1.54) is 4.90 Å². The minimum atomic E-state index is -1.10. The number of hydrogen-bond donors (Lipinski definition) is 4. The summed E-state index contributed by atoms with van der Waals surface area (Å²) in [4.78, 5) is 54.4. The number of benzene rings is 2. The zero-order valence-corrected chi connectivity index (χ0v) is 24.5. The molecule has 2 aromatic rings. The molecule has 4 N–H and O–H groups in total. The fourth-order valence-corrected chi connectivity index (χ4v) is 4.97. The molecule has 10 nitrogen and oxygen atoms in total. The van der Waals surface area contributed by atoms with Crippen LogP contribution in [0.1, 0.15) is 38.2 Å². The number of likely N-dealkylation sites (N-methyl/N-ethyl adjacent to an activating group) is 1. The van der Waals surface area contributed by atoms with Crippen LogP contribution in [-0.2, 0) is 20.8 Å². The number of rotatable bonds is 15. The molecule has 0 radical (unpaired) electrons. The maximum Gasteiger partial charge on any atom is 0.319 e. The molecule has 42 heavy (non-hydrogen) atoms. The number of carbonyl (C=O) groups is 4. The number of halogens is 1. The van der Waals surface area contributed by atoms with Crippen molar-refractivity contribution in [2.75, 3.05) is 45.2 Å². The summed E-state index contributed by atoms with van der Waals surface area (Å²) in [5.74, 6) is -1.14. The van der Waals surface area contributed by atoms with Gasteiger partial charge in [0, 0.05) is 37.9 Å². The molecule has 0 saturated carbocycles. The molecule has 2 aromatic carbocycles. The van der Waals surface area contributed by atoms with E-state index in [4.69, 9.17) is 0 Å². The third kappa shape index (κ3) is 10.1. The van der Waals surface area contributed by atoms with Gasteiger partial charge in [0.25, 0.3) is 5.91 Å². The van der Waals surface area contributed by atoms with E-state index in [9.17, 15) is 23.6 Å². The van der Waals surface area contributed by atoms with Crippen LogP contribution in [0.3, 0.4) is 0 Å². The summed E-state index contributed by atoms with van der Waals surface area (Å²) < 4.78 is 13.5. The van der Waals surface area contributed by atoms with Gasteiger partial charge in [0.05, 0.1) is 6.04 Å². The van der Waals surface area contributed by atoms with E-state index in [1.54, 1.807) is 31.0 Å². The molecule has 1 aliphatic heterocycles. The Morgan fingerprint density at radius 1 is 1.05 bits per heavy atom. The van der Waals surface area contributed by atoms with Crippen molar-refractivity contribution in [1.82, 2.24) is 25.8 Å². The third-order valence-electron chi connectivity index (χ3n) is 7.50. The Morgan fingerprint density at radius 3 is 2.40 bits per heavy atom. The van der Waals surface area contributed by atoms with Crippen LogP contribution in [0.15, 0.2) is 60.7 Å². The molecular weight excluding hydrogens is 539 g/mol. The van der Waals surface area contributed by atoms with Gasteiger partial charge in [-0.25, -0.2) is 9.18 Å².